The van der Waals surface area contributed by atoms with Crippen LogP contribution in [-0.4, -0.2) is 83.5 Å². The summed E-state index contributed by atoms with van der Waals surface area (Å²) in [6, 6.07) is -1.06. The van der Waals surface area contributed by atoms with Crippen LogP contribution in [0.3, 0.4) is 0 Å². The number of oxazole rings is 1. The molecule has 1 aromatic heterocycles. The summed E-state index contributed by atoms with van der Waals surface area (Å²) in [4.78, 5) is 43.7. The molecule has 10 heteroatoms. The summed E-state index contributed by atoms with van der Waals surface area (Å²) in [6.07, 6.45) is 4.19. The molecule has 0 aliphatic carbocycles. The number of nitrogens with zero attached hydrogens (tertiary/aromatic N) is 3. The second-order valence-corrected chi connectivity index (χ2v) is 7.37. The highest BCUT2D eigenvalue weighted by atomic mass is 16.3. The van der Waals surface area contributed by atoms with Crippen molar-refractivity contribution < 1.29 is 23.9 Å². The van der Waals surface area contributed by atoms with E-state index in [9.17, 15) is 19.5 Å². The Morgan fingerprint density at radius 2 is 2.10 bits per heavy atom. The Bertz CT molecular complexity index is 705. The number of likely N-dealkylation sites (N-methyl/N-ethyl adjacent to an activating group) is 1. The summed E-state index contributed by atoms with van der Waals surface area (Å²) in [5.74, 6) is 0.0112. The van der Waals surface area contributed by atoms with Crippen molar-refractivity contribution in [1.29, 1.82) is 0 Å². The Hall–Kier alpha value is -2.46. The number of amides is 3. The van der Waals surface area contributed by atoms with Gasteiger partial charge in [0.1, 0.15) is 23.5 Å². The van der Waals surface area contributed by atoms with Gasteiger partial charge in [-0.1, -0.05) is 0 Å². The number of piperidine rings is 1. The van der Waals surface area contributed by atoms with Crippen molar-refractivity contribution in [1.82, 2.24) is 25.4 Å². The standard InChI is InChI=1S/C19H31N5O5/c1-13(26)24-9-5-4-6-15(24)18(27)21-10-14-17(29-12-22-14)7-8-20-19(28)16(11-25)23(2)3/h12,15-16,25H,4-11H2,1-3H3,(H,20,28)(H,21,27)/t15?,16-/m1/s1. The largest absolute Gasteiger partial charge is 0.448 e. The van der Waals surface area contributed by atoms with Gasteiger partial charge in [-0.25, -0.2) is 4.98 Å². The second kappa shape index (κ2) is 10.9. The molecule has 0 bridgehead atoms. The number of hydrogen-bond acceptors (Lipinski definition) is 7. The van der Waals surface area contributed by atoms with Crippen molar-refractivity contribution in [3.05, 3.63) is 17.8 Å². The van der Waals surface area contributed by atoms with Crippen LogP contribution in [0.4, 0.5) is 0 Å². The fourth-order valence-electron chi connectivity index (χ4n) is 3.41. The van der Waals surface area contributed by atoms with E-state index in [2.05, 4.69) is 15.6 Å². The Morgan fingerprint density at radius 1 is 1.34 bits per heavy atom. The first kappa shape index (κ1) is 22.8. The van der Waals surface area contributed by atoms with E-state index in [1.807, 2.05) is 0 Å². The molecule has 3 N–H and O–H groups in total. The van der Waals surface area contributed by atoms with Crippen LogP contribution in [0.15, 0.2) is 10.8 Å². The van der Waals surface area contributed by atoms with Gasteiger partial charge in [-0.15, -0.1) is 0 Å². The molecule has 1 aromatic rings. The summed E-state index contributed by atoms with van der Waals surface area (Å²) >= 11 is 0. The summed E-state index contributed by atoms with van der Waals surface area (Å²) < 4.78 is 5.38. The van der Waals surface area contributed by atoms with E-state index in [0.29, 0.717) is 37.4 Å². The minimum atomic E-state index is -0.608. The molecule has 0 saturated carbocycles. The molecule has 2 heterocycles. The van der Waals surface area contributed by atoms with Crippen LogP contribution in [0.5, 0.6) is 0 Å². The zero-order valence-corrected chi connectivity index (χ0v) is 17.3. The first-order chi connectivity index (χ1) is 13.8. The van der Waals surface area contributed by atoms with Gasteiger partial charge in [0.05, 0.1) is 13.2 Å². The van der Waals surface area contributed by atoms with Crippen LogP contribution in [-0.2, 0) is 27.3 Å². The highest BCUT2D eigenvalue weighted by molar-refractivity contribution is 5.87. The van der Waals surface area contributed by atoms with E-state index >= 15 is 0 Å². The van der Waals surface area contributed by atoms with Gasteiger partial charge in [0.25, 0.3) is 0 Å². The van der Waals surface area contributed by atoms with Crippen molar-refractivity contribution in [2.45, 2.75) is 51.2 Å². The molecule has 29 heavy (non-hydrogen) atoms. The molecular weight excluding hydrogens is 378 g/mol. The zero-order chi connectivity index (χ0) is 21.4. The molecule has 0 radical (unpaired) electrons. The van der Waals surface area contributed by atoms with Crippen molar-refractivity contribution in [3.8, 4) is 0 Å². The minimum absolute atomic E-state index is 0.0957. The Labute approximate surface area is 170 Å². The molecule has 1 fully saturated rings. The van der Waals surface area contributed by atoms with Crippen molar-refractivity contribution in [2.24, 2.45) is 0 Å². The maximum Gasteiger partial charge on any atom is 0.243 e. The quantitative estimate of drug-likeness (QED) is 0.491. The maximum absolute atomic E-state index is 12.5. The fourth-order valence-corrected chi connectivity index (χ4v) is 3.41. The molecule has 1 aliphatic rings. The molecule has 1 saturated heterocycles. The van der Waals surface area contributed by atoms with Crippen LogP contribution >= 0.6 is 0 Å². The van der Waals surface area contributed by atoms with Gasteiger partial charge >= 0.3 is 0 Å². The zero-order valence-electron chi connectivity index (χ0n) is 17.3. The number of hydrogen-bond donors (Lipinski definition) is 3. The predicted octanol–water partition coefficient (Wildman–Crippen LogP) is -0.727. The lowest BCUT2D eigenvalue weighted by Gasteiger charge is -2.33. The second-order valence-electron chi connectivity index (χ2n) is 7.37. The number of rotatable bonds is 9. The summed E-state index contributed by atoms with van der Waals surface area (Å²) in [6.45, 7) is 2.33. The number of nitrogens with one attached hydrogen (secondary N) is 2. The van der Waals surface area contributed by atoms with Gasteiger partial charge in [0.15, 0.2) is 6.39 Å². The third-order valence-corrected chi connectivity index (χ3v) is 5.12. The molecule has 2 rings (SSSR count). The van der Waals surface area contributed by atoms with Gasteiger partial charge in [-0.05, 0) is 33.4 Å². The number of aliphatic hydroxyl groups excluding tert-OH is 1. The van der Waals surface area contributed by atoms with E-state index < -0.39 is 12.1 Å². The maximum atomic E-state index is 12.5. The SMILES string of the molecule is CC(=O)N1CCCCC1C(=O)NCc1ncoc1CCNC(=O)[C@@H](CO)N(C)C. The molecule has 2 atom stereocenters. The van der Waals surface area contributed by atoms with E-state index in [1.54, 1.807) is 23.9 Å². The lowest BCUT2D eigenvalue weighted by Crippen LogP contribution is -2.51. The van der Waals surface area contributed by atoms with Crippen LogP contribution in [0.25, 0.3) is 0 Å². The molecule has 0 aromatic carbocycles. The first-order valence-electron chi connectivity index (χ1n) is 9.86. The number of aliphatic hydroxyl groups is 1. The summed E-state index contributed by atoms with van der Waals surface area (Å²) in [7, 11) is 3.44. The Morgan fingerprint density at radius 3 is 2.76 bits per heavy atom. The highest BCUT2D eigenvalue weighted by Crippen LogP contribution is 2.17. The van der Waals surface area contributed by atoms with Crippen LogP contribution in [0, 0.1) is 0 Å². The van der Waals surface area contributed by atoms with Crippen molar-refractivity contribution >= 4 is 17.7 Å². The van der Waals surface area contributed by atoms with Gasteiger partial charge in [0.2, 0.25) is 17.7 Å². The van der Waals surface area contributed by atoms with E-state index in [4.69, 9.17) is 4.42 Å². The number of carbonyl (C=O) groups excluding carboxylic acids is 3. The lowest BCUT2D eigenvalue weighted by atomic mass is 10.0. The third kappa shape index (κ3) is 6.26. The van der Waals surface area contributed by atoms with Crippen LogP contribution in [0.2, 0.25) is 0 Å². The third-order valence-electron chi connectivity index (χ3n) is 5.12. The molecule has 3 amide bonds. The van der Waals surface area contributed by atoms with Crippen molar-refractivity contribution in [3.63, 3.8) is 0 Å². The highest BCUT2D eigenvalue weighted by Gasteiger charge is 2.30. The average molecular weight is 409 g/mol. The molecule has 0 spiro atoms. The van der Waals surface area contributed by atoms with E-state index in [-0.39, 0.29) is 30.9 Å². The van der Waals surface area contributed by atoms with Crippen molar-refractivity contribution in [2.75, 3.05) is 33.8 Å². The molecule has 10 nitrogen and oxygen atoms in total. The predicted molar refractivity (Wildman–Crippen MR) is 105 cm³/mol. The lowest BCUT2D eigenvalue weighted by molar-refractivity contribution is -0.140. The van der Waals surface area contributed by atoms with Gasteiger partial charge in [0, 0.05) is 26.4 Å². The topological polar surface area (TPSA) is 128 Å². The molecular formula is C19H31N5O5. The number of carbonyl (C=O) groups is 3. The number of aromatic nitrogens is 1. The van der Waals surface area contributed by atoms with Crippen LogP contribution < -0.4 is 10.6 Å². The molecule has 162 valence electrons. The smallest absolute Gasteiger partial charge is 0.243 e. The first-order valence-corrected chi connectivity index (χ1v) is 9.86. The van der Waals surface area contributed by atoms with E-state index in [0.717, 1.165) is 12.8 Å². The minimum Gasteiger partial charge on any atom is -0.448 e. The average Bonchev–Trinajstić information content (AvgIpc) is 3.13. The van der Waals surface area contributed by atoms with Gasteiger partial charge in [-0.2, -0.15) is 0 Å². The summed E-state index contributed by atoms with van der Waals surface area (Å²) in [5, 5.41) is 14.9. The molecule has 1 aliphatic heterocycles. The van der Waals surface area contributed by atoms with Gasteiger partial charge in [-0.3, -0.25) is 19.3 Å². The normalized spacial score (nSPS) is 17.8. The monoisotopic (exact) mass is 409 g/mol. The Balaban J connectivity index is 1.84. The summed E-state index contributed by atoms with van der Waals surface area (Å²) in [5.41, 5.74) is 0.587. The molecule has 1 unspecified atom stereocenters. The van der Waals surface area contributed by atoms with Crippen LogP contribution in [0.1, 0.15) is 37.6 Å². The Kier molecular flexibility index (Phi) is 8.59. The number of likely N-dealkylation sites (tertiary alicyclic amines) is 1. The van der Waals surface area contributed by atoms with Gasteiger partial charge < -0.3 is 25.1 Å². The van der Waals surface area contributed by atoms with E-state index in [1.165, 1.54) is 13.3 Å². The fraction of sp³-hybridized carbons (Fsp3) is 0.684.